The average Bonchev–Trinajstić information content (AvgIpc) is 2.84. The molecule has 1 amide bonds. The van der Waals surface area contributed by atoms with E-state index in [-0.39, 0.29) is 10.8 Å². The molecule has 0 unspecified atom stereocenters. The summed E-state index contributed by atoms with van der Waals surface area (Å²) in [6.07, 6.45) is -0.256. The molecule has 0 bridgehead atoms. The number of hydrogen-bond acceptors (Lipinski definition) is 4. The van der Waals surface area contributed by atoms with E-state index in [1.807, 2.05) is 37.3 Å². The van der Waals surface area contributed by atoms with E-state index in [1.54, 1.807) is 48.5 Å². The van der Waals surface area contributed by atoms with Gasteiger partial charge in [-0.25, -0.2) is 8.42 Å². The van der Waals surface area contributed by atoms with Gasteiger partial charge in [-0.2, -0.15) is 0 Å². The van der Waals surface area contributed by atoms with Gasteiger partial charge in [0.25, 0.3) is 15.9 Å². The number of rotatable bonds is 8. The molecule has 4 aromatic rings. The molecule has 2 N–H and O–H groups in total. The van der Waals surface area contributed by atoms with Crippen LogP contribution in [0.5, 0.6) is 5.75 Å². The molecule has 0 radical (unpaired) electrons. The minimum Gasteiger partial charge on any atom is -0.481 e. The summed E-state index contributed by atoms with van der Waals surface area (Å²) in [5, 5.41) is 5.10. The summed E-state index contributed by atoms with van der Waals surface area (Å²) in [5.41, 5.74) is 0.966. The highest BCUT2D eigenvalue weighted by atomic mass is 35.5. The maximum atomic E-state index is 12.9. The monoisotopic (exact) mass is 494 g/mol. The lowest BCUT2D eigenvalue weighted by molar-refractivity contribution is -0.122. The molecule has 0 aromatic heterocycles. The lowest BCUT2D eigenvalue weighted by Crippen LogP contribution is -2.32. The number of amides is 1. The van der Waals surface area contributed by atoms with Crippen LogP contribution < -0.4 is 14.8 Å². The van der Waals surface area contributed by atoms with E-state index >= 15 is 0 Å². The highest BCUT2D eigenvalue weighted by Crippen LogP contribution is 2.26. The number of benzene rings is 4. The lowest BCUT2D eigenvalue weighted by Gasteiger charge is -2.17. The predicted molar refractivity (Wildman–Crippen MR) is 136 cm³/mol. The first-order chi connectivity index (χ1) is 16.4. The second-order valence-corrected chi connectivity index (χ2v) is 9.73. The average molecular weight is 495 g/mol. The maximum Gasteiger partial charge on any atom is 0.265 e. The van der Waals surface area contributed by atoms with Gasteiger partial charge in [-0.05, 0) is 66.4 Å². The first kappa shape index (κ1) is 23.6. The summed E-state index contributed by atoms with van der Waals surface area (Å²) in [6, 6.07) is 25.7. The molecule has 0 aliphatic carbocycles. The van der Waals surface area contributed by atoms with Gasteiger partial charge in [0.05, 0.1) is 10.6 Å². The van der Waals surface area contributed by atoms with Crippen LogP contribution in [-0.4, -0.2) is 20.4 Å². The second kappa shape index (κ2) is 10.2. The van der Waals surface area contributed by atoms with Crippen LogP contribution in [0.1, 0.15) is 13.3 Å². The Labute approximate surface area is 203 Å². The van der Waals surface area contributed by atoms with Crippen molar-refractivity contribution in [1.82, 2.24) is 0 Å². The van der Waals surface area contributed by atoms with Gasteiger partial charge in [0, 0.05) is 16.1 Å². The third-order valence-electron chi connectivity index (χ3n) is 5.22. The summed E-state index contributed by atoms with van der Waals surface area (Å²) in [7, 11) is -3.81. The molecule has 0 fully saturated rings. The van der Waals surface area contributed by atoms with Gasteiger partial charge in [-0.1, -0.05) is 54.9 Å². The van der Waals surface area contributed by atoms with Crippen LogP contribution in [0.3, 0.4) is 0 Å². The zero-order chi connectivity index (χ0) is 24.1. The Bertz CT molecular complexity index is 1400. The Kier molecular flexibility index (Phi) is 7.05. The van der Waals surface area contributed by atoms with Crippen LogP contribution in [0, 0.1) is 0 Å². The first-order valence-electron chi connectivity index (χ1n) is 10.7. The molecule has 1 atom stereocenters. The number of fused-ring (bicyclic) bond motifs is 1. The smallest absolute Gasteiger partial charge is 0.265 e. The number of hydrogen-bond donors (Lipinski definition) is 2. The Hall–Kier alpha value is -3.55. The molecular weight excluding hydrogens is 472 g/mol. The first-order valence-corrected chi connectivity index (χ1v) is 12.6. The van der Waals surface area contributed by atoms with Crippen molar-refractivity contribution in [2.24, 2.45) is 0 Å². The standard InChI is InChI=1S/C26H23ClN2O4S/c1-2-25(33-21-14-10-19(27)11-15-21)26(30)28-20-12-16-22(17-13-20)34(31,32)29-24-9-5-7-18-6-3-4-8-23(18)24/h3-17,25,29H,2H2,1H3,(H,28,30)/t25-/m0/s1. The van der Waals surface area contributed by atoms with Gasteiger partial charge in [0.15, 0.2) is 6.10 Å². The van der Waals surface area contributed by atoms with Gasteiger partial charge in [0.1, 0.15) is 5.75 Å². The topological polar surface area (TPSA) is 84.5 Å². The quantitative estimate of drug-likeness (QED) is 0.310. The van der Waals surface area contributed by atoms with Crippen LogP contribution in [0.4, 0.5) is 11.4 Å². The summed E-state index contributed by atoms with van der Waals surface area (Å²) >= 11 is 5.89. The summed E-state index contributed by atoms with van der Waals surface area (Å²) in [5.74, 6) is 0.203. The van der Waals surface area contributed by atoms with E-state index in [0.717, 1.165) is 10.8 Å². The molecule has 0 spiro atoms. The van der Waals surface area contributed by atoms with Gasteiger partial charge >= 0.3 is 0 Å². The number of carbonyl (C=O) groups is 1. The van der Waals surface area contributed by atoms with Crippen molar-refractivity contribution in [2.45, 2.75) is 24.3 Å². The normalized spacial score (nSPS) is 12.2. The minimum atomic E-state index is -3.81. The summed E-state index contributed by atoms with van der Waals surface area (Å²) < 4.78 is 34.3. The molecule has 0 heterocycles. The summed E-state index contributed by atoms with van der Waals surface area (Å²) in [6.45, 7) is 1.84. The van der Waals surface area contributed by atoms with Crippen LogP contribution in [0.15, 0.2) is 95.9 Å². The number of anilines is 2. The Morgan fingerprint density at radius 1 is 0.912 bits per heavy atom. The van der Waals surface area contributed by atoms with Crippen molar-refractivity contribution in [3.05, 3.63) is 96.0 Å². The second-order valence-electron chi connectivity index (χ2n) is 7.61. The molecule has 174 valence electrons. The summed E-state index contributed by atoms with van der Waals surface area (Å²) in [4.78, 5) is 12.8. The fourth-order valence-corrected chi connectivity index (χ4v) is 4.66. The fraction of sp³-hybridized carbons (Fsp3) is 0.115. The van der Waals surface area contributed by atoms with Crippen molar-refractivity contribution in [2.75, 3.05) is 10.0 Å². The van der Waals surface area contributed by atoms with Gasteiger partial charge in [0.2, 0.25) is 0 Å². The van der Waals surface area contributed by atoms with E-state index in [0.29, 0.717) is 28.6 Å². The van der Waals surface area contributed by atoms with Crippen LogP contribution in [-0.2, 0) is 14.8 Å². The zero-order valence-corrected chi connectivity index (χ0v) is 19.9. The van der Waals surface area contributed by atoms with Crippen molar-refractivity contribution in [3.63, 3.8) is 0 Å². The third-order valence-corrected chi connectivity index (χ3v) is 6.85. The van der Waals surface area contributed by atoms with Crippen LogP contribution in [0.2, 0.25) is 5.02 Å². The Balaban J connectivity index is 1.45. The molecule has 8 heteroatoms. The molecule has 0 saturated carbocycles. The lowest BCUT2D eigenvalue weighted by atomic mass is 10.1. The zero-order valence-electron chi connectivity index (χ0n) is 18.4. The van der Waals surface area contributed by atoms with Crippen molar-refractivity contribution < 1.29 is 17.9 Å². The molecule has 34 heavy (non-hydrogen) atoms. The van der Waals surface area contributed by atoms with Gasteiger partial charge in [-0.15, -0.1) is 0 Å². The number of carbonyl (C=O) groups excluding carboxylic acids is 1. The molecule has 0 aliphatic rings. The van der Waals surface area contributed by atoms with E-state index < -0.39 is 16.1 Å². The number of ether oxygens (including phenoxy) is 1. The maximum absolute atomic E-state index is 12.9. The largest absolute Gasteiger partial charge is 0.481 e. The highest BCUT2D eigenvalue weighted by Gasteiger charge is 2.20. The van der Waals surface area contributed by atoms with E-state index in [4.69, 9.17) is 16.3 Å². The van der Waals surface area contributed by atoms with Crippen LogP contribution in [0.25, 0.3) is 10.8 Å². The number of sulfonamides is 1. The van der Waals surface area contributed by atoms with E-state index in [9.17, 15) is 13.2 Å². The fourth-order valence-electron chi connectivity index (χ4n) is 3.46. The highest BCUT2D eigenvalue weighted by molar-refractivity contribution is 7.92. The molecule has 0 saturated heterocycles. The number of halogens is 1. The molecule has 4 aromatic carbocycles. The SMILES string of the molecule is CC[C@H](Oc1ccc(Cl)cc1)C(=O)Nc1ccc(S(=O)(=O)Nc2cccc3ccccc23)cc1. The third kappa shape index (κ3) is 5.50. The predicted octanol–water partition coefficient (Wildman–Crippen LogP) is 6.09. The van der Waals surface area contributed by atoms with Gasteiger partial charge in [-0.3, -0.25) is 9.52 Å². The van der Waals surface area contributed by atoms with Gasteiger partial charge < -0.3 is 10.1 Å². The Morgan fingerprint density at radius 3 is 2.29 bits per heavy atom. The molecule has 0 aliphatic heterocycles. The van der Waals surface area contributed by atoms with Crippen molar-refractivity contribution >= 4 is 49.7 Å². The molecular formula is C26H23ClN2O4S. The molecule has 6 nitrogen and oxygen atoms in total. The van der Waals surface area contributed by atoms with E-state index in [2.05, 4.69) is 10.0 Å². The Morgan fingerprint density at radius 2 is 1.59 bits per heavy atom. The van der Waals surface area contributed by atoms with E-state index in [1.165, 1.54) is 12.1 Å². The minimum absolute atomic E-state index is 0.0860. The van der Waals surface area contributed by atoms with Crippen molar-refractivity contribution in [3.8, 4) is 5.75 Å². The van der Waals surface area contributed by atoms with Crippen LogP contribution >= 0.6 is 11.6 Å². The number of nitrogens with one attached hydrogen (secondary N) is 2. The molecule has 4 rings (SSSR count). The van der Waals surface area contributed by atoms with Crippen molar-refractivity contribution in [1.29, 1.82) is 0 Å².